The van der Waals surface area contributed by atoms with Crippen LogP contribution in [0, 0.1) is 0 Å². The Morgan fingerprint density at radius 2 is 1.12 bits per heavy atom. The Balaban J connectivity index is 0.00000225. The quantitative estimate of drug-likeness (QED) is 0.394. The lowest BCUT2D eigenvalue weighted by Crippen LogP contribution is -1.88. The first-order chi connectivity index (χ1) is 11.9. The number of hydrogen-bond donors (Lipinski definition) is 0. The van der Waals surface area contributed by atoms with Gasteiger partial charge in [0.2, 0.25) is 0 Å². The van der Waals surface area contributed by atoms with Gasteiger partial charge in [0.1, 0.15) is 0 Å². The monoisotopic (exact) mass is 348 g/mol. The predicted octanol–water partition coefficient (Wildman–Crippen LogP) is 7.26. The summed E-state index contributed by atoms with van der Waals surface area (Å²) in [6.45, 7) is 2.26. The standard InChI is InChI=1S/C24H26.H2S/c1-2-3-4-6-11-20-16-18-22(19-17-20)24-15-10-9-14-23(24)21-12-7-5-8-13-21;/h5,7-10,12-19H,2-4,6,11H2,1H3;1H2. The second-order valence-corrected chi connectivity index (χ2v) is 6.42. The van der Waals surface area contributed by atoms with Gasteiger partial charge in [-0.3, -0.25) is 0 Å². The molecule has 130 valence electrons. The third kappa shape index (κ3) is 5.24. The molecule has 0 amide bonds. The van der Waals surface area contributed by atoms with E-state index in [1.807, 2.05) is 0 Å². The SMILES string of the molecule is CCCCCCc1ccc(-c2ccccc2-c2ccccc2)cc1.S. The van der Waals surface area contributed by atoms with Gasteiger partial charge in [-0.05, 0) is 40.7 Å². The highest BCUT2D eigenvalue weighted by Gasteiger charge is 2.06. The predicted molar refractivity (Wildman–Crippen MR) is 116 cm³/mol. The molecular formula is C24H28S. The van der Waals surface area contributed by atoms with Crippen LogP contribution in [-0.2, 0) is 6.42 Å². The summed E-state index contributed by atoms with van der Waals surface area (Å²) < 4.78 is 0. The molecule has 1 heteroatoms. The molecule has 0 radical (unpaired) electrons. The summed E-state index contributed by atoms with van der Waals surface area (Å²) in [5.41, 5.74) is 6.63. The molecule has 0 nitrogen and oxygen atoms in total. The first-order valence-corrected chi connectivity index (χ1v) is 9.12. The Bertz CT molecular complexity index is 745. The maximum Gasteiger partial charge on any atom is -0.0105 e. The van der Waals surface area contributed by atoms with Crippen LogP contribution in [0.3, 0.4) is 0 Å². The summed E-state index contributed by atoms with van der Waals surface area (Å²) in [7, 11) is 0. The van der Waals surface area contributed by atoms with Gasteiger partial charge in [-0.1, -0.05) is 105 Å². The molecule has 0 spiro atoms. The Labute approximate surface area is 159 Å². The Morgan fingerprint density at radius 3 is 1.72 bits per heavy atom. The van der Waals surface area contributed by atoms with Crippen LogP contribution in [0.25, 0.3) is 22.3 Å². The first kappa shape index (κ1) is 19.3. The van der Waals surface area contributed by atoms with Crippen molar-refractivity contribution >= 4 is 13.5 Å². The average Bonchev–Trinajstić information content (AvgIpc) is 2.66. The maximum absolute atomic E-state index is 2.29. The second-order valence-electron chi connectivity index (χ2n) is 6.42. The third-order valence-corrected chi connectivity index (χ3v) is 4.60. The smallest absolute Gasteiger partial charge is 0.0105 e. The second kappa shape index (κ2) is 10.1. The molecule has 0 N–H and O–H groups in total. The van der Waals surface area contributed by atoms with E-state index in [1.54, 1.807) is 0 Å². The van der Waals surface area contributed by atoms with E-state index in [2.05, 4.69) is 85.8 Å². The van der Waals surface area contributed by atoms with E-state index in [0.717, 1.165) is 0 Å². The molecule has 0 atom stereocenters. The molecule has 3 aromatic carbocycles. The van der Waals surface area contributed by atoms with Crippen molar-refractivity contribution < 1.29 is 0 Å². The minimum absolute atomic E-state index is 0. The van der Waals surface area contributed by atoms with Gasteiger partial charge in [0, 0.05) is 0 Å². The molecule has 0 aliphatic heterocycles. The largest absolute Gasteiger partial charge is 0.197 e. The van der Waals surface area contributed by atoms with Gasteiger partial charge in [0.25, 0.3) is 0 Å². The third-order valence-electron chi connectivity index (χ3n) is 4.60. The molecule has 0 aliphatic rings. The topological polar surface area (TPSA) is 0 Å². The lowest BCUT2D eigenvalue weighted by molar-refractivity contribution is 0.667. The fourth-order valence-electron chi connectivity index (χ4n) is 3.21. The molecule has 0 aliphatic carbocycles. The summed E-state index contributed by atoms with van der Waals surface area (Å²) in [4.78, 5) is 0. The van der Waals surface area contributed by atoms with Crippen molar-refractivity contribution in [2.24, 2.45) is 0 Å². The lowest BCUT2D eigenvalue weighted by Gasteiger charge is -2.11. The molecule has 0 bridgehead atoms. The molecular weight excluding hydrogens is 320 g/mol. The molecule has 0 aromatic heterocycles. The van der Waals surface area contributed by atoms with Crippen LogP contribution >= 0.6 is 13.5 Å². The zero-order chi connectivity index (χ0) is 16.6. The number of hydrogen-bond acceptors (Lipinski definition) is 0. The molecule has 3 aromatic rings. The van der Waals surface area contributed by atoms with Crippen molar-refractivity contribution in [1.82, 2.24) is 0 Å². The van der Waals surface area contributed by atoms with Crippen LogP contribution in [0.2, 0.25) is 0 Å². The van der Waals surface area contributed by atoms with Crippen molar-refractivity contribution in [2.45, 2.75) is 39.0 Å². The zero-order valence-electron chi connectivity index (χ0n) is 15.0. The molecule has 0 fully saturated rings. The van der Waals surface area contributed by atoms with E-state index < -0.39 is 0 Å². The fraction of sp³-hybridized carbons (Fsp3) is 0.250. The number of aryl methyl sites for hydroxylation is 1. The van der Waals surface area contributed by atoms with Crippen LogP contribution in [0.4, 0.5) is 0 Å². The van der Waals surface area contributed by atoms with Crippen LogP contribution in [0.1, 0.15) is 38.2 Å². The lowest BCUT2D eigenvalue weighted by atomic mass is 9.94. The van der Waals surface area contributed by atoms with Gasteiger partial charge < -0.3 is 0 Å². The Kier molecular flexibility index (Phi) is 7.81. The van der Waals surface area contributed by atoms with Crippen LogP contribution < -0.4 is 0 Å². The molecule has 0 heterocycles. The van der Waals surface area contributed by atoms with E-state index in [4.69, 9.17) is 0 Å². The van der Waals surface area contributed by atoms with Crippen molar-refractivity contribution in [2.75, 3.05) is 0 Å². The van der Waals surface area contributed by atoms with Crippen LogP contribution in [0.15, 0.2) is 78.9 Å². The number of benzene rings is 3. The molecule has 0 saturated heterocycles. The minimum Gasteiger partial charge on any atom is -0.197 e. The highest BCUT2D eigenvalue weighted by molar-refractivity contribution is 7.59. The summed E-state index contributed by atoms with van der Waals surface area (Å²) >= 11 is 0. The van der Waals surface area contributed by atoms with Crippen molar-refractivity contribution in [1.29, 1.82) is 0 Å². The first-order valence-electron chi connectivity index (χ1n) is 9.12. The fourth-order valence-corrected chi connectivity index (χ4v) is 3.21. The van der Waals surface area contributed by atoms with Crippen molar-refractivity contribution in [3.05, 3.63) is 84.4 Å². The van der Waals surface area contributed by atoms with E-state index >= 15 is 0 Å². The molecule has 25 heavy (non-hydrogen) atoms. The van der Waals surface area contributed by atoms with E-state index in [1.165, 1.54) is 59.9 Å². The summed E-state index contributed by atoms with van der Waals surface area (Å²) in [6, 6.07) is 28.5. The number of unbranched alkanes of at least 4 members (excludes halogenated alkanes) is 3. The minimum atomic E-state index is 0. The molecule has 0 unspecified atom stereocenters. The molecule has 0 saturated carbocycles. The van der Waals surface area contributed by atoms with Gasteiger partial charge >= 0.3 is 0 Å². The van der Waals surface area contributed by atoms with Crippen molar-refractivity contribution in [3.63, 3.8) is 0 Å². The molecule has 3 rings (SSSR count). The maximum atomic E-state index is 2.29. The van der Waals surface area contributed by atoms with Gasteiger partial charge in [0.05, 0.1) is 0 Å². The summed E-state index contributed by atoms with van der Waals surface area (Å²) in [6.07, 6.45) is 6.49. The van der Waals surface area contributed by atoms with Gasteiger partial charge in [-0.2, -0.15) is 13.5 Å². The van der Waals surface area contributed by atoms with E-state index in [9.17, 15) is 0 Å². The van der Waals surface area contributed by atoms with Crippen LogP contribution in [0.5, 0.6) is 0 Å². The van der Waals surface area contributed by atoms with Gasteiger partial charge in [0.15, 0.2) is 0 Å². The average molecular weight is 349 g/mol. The Morgan fingerprint density at radius 1 is 0.560 bits per heavy atom. The van der Waals surface area contributed by atoms with Gasteiger partial charge in [-0.25, -0.2) is 0 Å². The summed E-state index contributed by atoms with van der Waals surface area (Å²) in [5.74, 6) is 0. The highest BCUT2D eigenvalue weighted by atomic mass is 32.1. The summed E-state index contributed by atoms with van der Waals surface area (Å²) in [5, 5.41) is 0. The van der Waals surface area contributed by atoms with E-state index in [-0.39, 0.29) is 13.5 Å². The van der Waals surface area contributed by atoms with E-state index in [0.29, 0.717) is 0 Å². The normalized spacial score (nSPS) is 10.3. The highest BCUT2D eigenvalue weighted by Crippen LogP contribution is 2.32. The zero-order valence-corrected chi connectivity index (χ0v) is 16.0. The van der Waals surface area contributed by atoms with Crippen molar-refractivity contribution in [3.8, 4) is 22.3 Å². The number of rotatable bonds is 7. The van der Waals surface area contributed by atoms with Crippen LogP contribution in [-0.4, -0.2) is 0 Å². The van der Waals surface area contributed by atoms with Gasteiger partial charge in [-0.15, -0.1) is 0 Å². The Hall–Kier alpha value is -1.99.